The molecule has 0 radical (unpaired) electrons. The fourth-order valence-corrected chi connectivity index (χ4v) is 3.03. The average Bonchev–Trinajstić information content (AvgIpc) is 2.95. The molecule has 0 fully saturated rings. The molecule has 0 amide bonds. The van der Waals surface area contributed by atoms with E-state index in [0.29, 0.717) is 6.61 Å². The number of carbonyl (C=O) groups is 1. The van der Waals surface area contributed by atoms with E-state index in [4.69, 9.17) is 14.4 Å². The van der Waals surface area contributed by atoms with E-state index in [-0.39, 0.29) is 18.6 Å². The predicted octanol–water partition coefficient (Wildman–Crippen LogP) is 3.59. The number of carbonyl (C=O) groups excluding carboxylic acids is 1. The SMILES string of the molecule is CCC(C)OC(=O)CONOCC1c2ccccc2-c2ccccc21. The number of esters is 1. The lowest BCUT2D eigenvalue weighted by molar-refractivity contribution is -0.190. The van der Waals surface area contributed by atoms with Gasteiger partial charge < -0.3 is 4.74 Å². The largest absolute Gasteiger partial charge is 0.461 e. The fraction of sp³-hybridized carbons (Fsp3) is 0.350. The number of nitrogens with one attached hydrogen (secondary N) is 1. The summed E-state index contributed by atoms with van der Waals surface area (Å²) in [5.41, 5.74) is 7.35. The number of rotatable bonds is 8. The second kappa shape index (κ2) is 8.25. The number of benzene rings is 2. The number of fused-ring (bicyclic) bond motifs is 3. The van der Waals surface area contributed by atoms with Gasteiger partial charge in [0.1, 0.15) is 0 Å². The van der Waals surface area contributed by atoms with Gasteiger partial charge in [0.25, 0.3) is 0 Å². The highest BCUT2D eigenvalue weighted by Gasteiger charge is 2.28. The van der Waals surface area contributed by atoms with Crippen molar-refractivity contribution < 1.29 is 19.2 Å². The summed E-state index contributed by atoms with van der Waals surface area (Å²) >= 11 is 0. The molecule has 0 saturated heterocycles. The van der Waals surface area contributed by atoms with Gasteiger partial charge in [-0.25, -0.2) is 4.79 Å². The Kier molecular flexibility index (Phi) is 5.81. The van der Waals surface area contributed by atoms with Crippen LogP contribution in [0.2, 0.25) is 0 Å². The average molecular weight is 341 g/mol. The molecule has 0 saturated carbocycles. The van der Waals surface area contributed by atoms with Crippen LogP contribution in [0, 0.1) is 0 Å². The van der Waals surface area contributed by atoms with Crippen LogP contribution in [0.4, 0.5) is 0 Å². The fourth-order valence-electron chi connectivity index (χ4n) is 3.03. The van der Waals surface area contributed by atoms with Crippen molar-refractivity contribution in [1.82, 2.24) is 5.64 Å². The van der Waals surface area contributed by atoms with Crippen LogP contribution in [0.5, 0.6) is 0 Å². The van der Waals surface area contributed by atoms with E-state index in [2.05, 4.69) is 29.9 Å². The van der Waals surface area contributed by atoms with Crippen molar-refractivity contribution in [1.29, 1.82) is 0 Å². The maximum absolute atomic E-state index is 11.5. The van der Waals surface area contributed by atoms with Crippen molar-refractivity contribution in [3.05, 3.63) is 59.7 Å². The molecule has 2 aromatic carbocycles. The lowest BCUT2D eigenvalue weighted by Crippen LogP contribution is -2.25. The van der Waals surface area contributed by atoms with Crippen LogP contribution in [0.1, 0.15) is 37.3 Å². The zero-order valence-corrected chi connectivity index (χ0v) is 14.5. The van der Waals surface area contributed by atoms with Gasteiger partial charge in [0, 0.05) is 5.92 Å². The van der Waals surface area contributed by atoms with Gasteiger partial charge in [-0.2, -0.15) is 0 Å². The van der Waals surface area contributed by atoms with Gasteiger partial charge in [0.15, 0.2) is 6.61 Å². The van der Waals surface area contributed by atoms with E-state index < -0.39 is 5.97 Å². The first-order valence-corrected chi connectivity index (χ1v) is 8.57. The molecule has 1 aliphatic carbocycles. The molecule has 1 N–H and O–H groups in total. The molecule has 0 aromatic heterocycles. The van der Waals surface area contributed by atoms with E-state index in [1.165, 1.54) is 22.3 Å². The molecule has 1 unspecified atom stereocenters. The summed E-state index contributed by atoms with van der Waals surface area (Å²) in [6, 6.07) is 16.7. The molecule has 5 nitrogen and oxygen atoms in total. The highest BCUT2D eigenvalue weighted by molar-refractivity contribution is 5.78. The lowest BCUT2D eigenvalue weighted by atomic mass is 9.98. The molecule has 0 bridgehead atoms. The predicted molar refractivity (Wildman–Crippen MR) is 94.6 cm³/mol. The van der Waals surface area contributed by atoms with Gasteiger partial charge in [-0.05, 0) is 35.6 Å². The van der Waals surface area contributed by atoms with Gasteiger partial charge >= 0.3 is 5.97 Å². The number of hydrogen-bond acceptors (Lipinski definition) is 5. The molecule has 0 aliphatic heterocycles. The summed E-state index contributed by atoms with van der Waals surface area (Å²) in [4.78, 5) is 22.0. The minimum Gasteiger partial charge on any atom is -0.461 e. The molecule has 5 heteroatoms. The maximum Gasteiger partial charge on any atom is 0.334 e. The monoisotopic (exact) mass is 341 g/mol. The van der Waals surface area contributed by atoms with Crippen LogP contribution >= 0.6 is 0 Å². The first-order chi connectivity index (χ1) is 12.2. The molecular weight excluding hydrogens is 318 g/mol. The quantitative estimate of drug-likeness (QED) is 0.452. The van der Waals surface area contributed by atoms with Crippen molar-refractivity contribution in [2.75, 3.05) is 13.2 Å². The molecule has 1 atom stereocenters. The lowest BCUT2D eigenvalue weighted by Gasteiger charge is -2.14. The van der Waals surface area contributed by atoms with Crippen LogP contribution in [-0.2, 0) is 19.2 Å². The normalized spacial score (nSPS) is 14.0. The Bertz CT molecular complexity index is 686. The topological polar surface area (TPSA) is 56.8 Å². The van der Waals surface area contributed by atoms with Crippen molar-refractivity contribution in [2.24, 2.45) is 0 Å². The van der Waals surface area contributed by atoms with E-state index in [1.807, 2.05) is 38.1 Å². The van der Waals surface area contributed by atoms with Crippen LogP contribution in [0.3, 0.4) is 0 Å². The summed E-state index contributed by atoms with van der Waals surface area (Å²) < 4.78 is 5.11. The summed E-state index contributed by atoms with van der Waals surface area (Å²) in [6.07, 6.45) is 0.666. The second-order valence-corrected chi connectivity index (χ2v) is 6.12. The molecule has 2 aromatic rings. The van der Waals surface area contributed by atoms with Gasteiger partial charge in [0.2, 0.25) is 0 Å². The Labute approximate surface area is 147 Å². The highest BCUT2D eigenvalue weighted by atomic mass is 16.9. The van der Waals surface area contributed by atoms with Crippen LogP contribution in [-0.4, -0.2) is 25.3 Å². The Morgan fingerprint density at radius 3 is 2.24 bits per heavy atom. The van der Waals surface area contributed by atoms with Crippen molar-refractivity contribution in [2.45, 2.75) is 32.3 Å². The molecule has 1 aliphatic rings. The minimum absolute atomic E-state index is 0.108. The van der Waals surface area contributed by atoms with E-state index in [1.54, 1.807) is 0 Å². The van der Waals surface area contributed by atoms with Gasteiger partial charge in [-0.1, -0.05) is 61.1 Å². The summed E-state index contributed by atoms with van der Waals surface area (Å²) in [6.45, 7) is 4.02. The molecule has 0 heterocycles. The van der Waals surface area contributed by atoms with Crippen LogP contribution in [0.15, 0.2) is 48.5 Å². The molecule has 3 rings (SSSR count). The van der Waals surface area contributed by atoms with Crippen LogP contribution < -0.4 is 5.64 Å². The first kappa shape index (κ1) is 17.6. The van der Waals surface area contributed by atoms with E-state index >= 15 is 0 Å². The third kappa shape index (κ3) is 4.07. The number of hydrogen-bond donors (Lipinski definition) is 1. The Morgan fingerprint density at radius 1 is 1.04 bits per heavy atom. The summed E-state index contributed by atoms with van der Waals surface area (Å²) in [7, 11) is 0. The zero-order valence-electron chi connectivity index (χ0n) is 14.5. The molecule has 25 heavy (non-hydrogen) atoms. The zero-order chi connectivity index (χ0) is 17.6. The van der Waals surface area contributed by atoms with Crippen LogP contribution in [0.25, 0.3) is 11.1 Å². The Hall–Kier alpha value is -2.21. The van der Waals surface area contributed by atoms with Crippen molar-refractivity contribution in [3.8, 4) is 11.1 Å². The third-order valence-corrected chi connectivity index (χ3v) is 4.43. The van der Waals surface area contributed by atoms with E-state index in [9.17, 15) is 4.79 Å². The van der Waals surface area contributed by atoms with Crippen molar-refractivity contribution in [3.63, 3.8) is 0 Å². The second-order valence-electron chi connectivity index (χ2n) is 6.12. The summed E-state index contributed by atoms with van der Waals surface area (Å²) in [5, 5.41) is 0. The molecule has 0 spiro atoms. The van der Waals surface area contributed by atoms with Gasteiger partial charge in [-0.3, -0.25) is 9.68 Å². The number of ether oxygens (including phenoxy) is 1. The Morgan fingerprint density at radius 2 is 1.64 bits per heavy atom. The maximum atomic E-state index is 11.5. The third-order valence-electron chi connectivity index (χ3n) is 4.43. The molecule has 132 valence electrons. The minimum atomic E-state index is -0.415. The first-order valence-electron chi connectivity index (χ1n) is 8.57. The summed E-state index contributed by atoms with van der Waals surface area (Å²) in [5.74, 6) is -0.280. The van der Waals surface area contributed by atoms with Gasteiger partial charge in [-0.15, -0.1) is 0 Å². The molecular formula is C20H23NO4. The standard InChI is InChI=1S/C20H23NO4/c1-3-14(2)25-20(22)13-24-21-23-12-19-17-10-6-4-8-15(17)16-9-5-7-11-18(16)19/h4-11,14,19,21H,3,12-13H2,1-2H3. The Balaban J connectivity index is 1.52. The van der Waals surface area contributed by atoms with E-state index in [0.717, 1.165) is 6.42 Å². The highest BCUT2D eigenvalue weighted by Crippen LogP contribution is 2.44. The van der Waals surface area contributed by atoms with Gasteiger partial charge in [0.05, 0.1) is 12.7 Å². The smallest absolute Gasteiger partial charge is 0.334 e. The van der Waals surface area contributed by atoms with Crippen molar-refractivity contribution >= 4 is 5.97 Å².